The first-order valence-electron chi connectivity index (χ1n) is 12.3. The third kappa shape index (κ3) is 4.15. The Hall–Kier alpha value is -4.36. The molecule has 4 aliphatic rings. The van der Waals surface area contributed by atoms with Crippen molar-refractivity contribution in [3.8, 4) is 33.8 Å². The van der Waals surface area contributed by atoms with E-state index in [1.165, 1.54) is 11.3 Å². The number of fused-ring (bicyclic) bond motifs is 2. The summed E-state index contributed by atoms with van der Waals surface area (Å²) >= 11 is 1.45. The summed E-state index contributed by atoms with van der Waals surface area (Å²) in [5, 5.41) is 25.2. The zero-order valence-corrected chi connectivity index (χ0v) is 21.7. The summed E-state index contributed by atoms with van der Waals surface area (Å²) in [6.07, 6.45) is 0. The van der Waals surface area contributed by atoms with E-state index in [0.29, 0.717) is 33.4 Å². The SMILES string of the molecule is CCOC(=O)c1c2cccccc-2c(C(c2cccs2)c2c3cccccc-3c(C(=O)OCC)c2O)c1O. The largest absolute Gasteiger partial charge is 0.507 e. The van der Waals surface area contributed by atoms with Gasteiger partial charge in [0.25, 0.3) is 0 Å². The zero-order chi connectivity index (χ0) is 26.8. The fourth-order valence-corrected chi connectivity index (χ4v) is 5.91. The van der Waals surface area contributed by atoms with Gasteiger partial charge < -0.3 is 19.7 Å². The van der Waals surface area contributed by atoms with Crippen LogP contribution in [-0.2, 0) is 9.47 Å². The van der Waals surface area contributed by atoms with E-state index in [4.69, 9.17) is 9.47 Å². The topological polar surface area (TPSA) is 93.1 Å². The number of carbonyl (C=O) groups excluding carboxylic acids is 2. The van der Waals surface area contributed by atoms with Crippen LogP contribution in [0.25, 0.3) is 22.3 Å². The van der Waals surface area contributed by atoms with Gasteiger partial charge in [-0.15, -0.1) is 11.3 Å². The minimum absolute atomic E-state index is 0.0705. The molecule has 0 bridgehead atoms. The molecule has 38 heavy (non-hydrogen) atoms. The maximum Gasteiger partial charge on any atom is 0.342 e. The van der Waals surface area contributed by atoms with Crippen molar-refractivity contribution in [2.24, 2.45) is 0 Å². The zero-order valence-electron chi connectivity index (χ0n) is 20.9. The molecule has 4 aliphatic carbocycles. The smallest absolute Gasteiger partial charge is 0.342 e. The van der Waals surface area contributed by atoms with Crippen LogP contribution >= 0.6 is 11.3 Å². The third-order valence-corrected chi connectivity index (χ3v) is 7.48. The van der Waals surface area contributed by atoms with Crippen LogP contribution in [0.15, 0.2) is 78.2 Å². The van der Waals surface area contributed by atoms with Crippen LogP contribution in [-0.4, -0.2) is 35.4 Å². The highest BCUT2D eigenvalue weighted by atomic mass is 32.1. The van der Waals surface area contributed by atoms with Gasteiger partial charge in [-0.05, 0) is 36.4 Å². The Morgan fingerprint density at radius 1 is 0.684 bits per heavy atom. The van der Waals surface area contributed by atoms with Crippen LogP contribution in [0.3, 0.4) is 0 Å². The Labute approximate surface area is 224 Å². The lowest BCUT2D eigenvalue weighted by atomic mass is 9.86. The quantitative estimate of drug-likeness (QED) is 0.224. The molecule has 6 nitrogen and oxygen atoms in total. The van der Waals surface area contributed by atoms with Crippen LogP contribution in [0.1, 0.15) is 56.5 Å². The van der Waals surface area contributed by atoms with E-state index >= 15 is 0 Å². The van der Waals surface area contributed by atoms with Gasteiger partial charge in [0.1, 0.15) is 22.6 Å². The maximum absolute atomic E-state index is 13.0. The molecule has 5 rings (SSSR count). The average Bonchev–Trinajstić information content (AvgIpc) is 3.45. The molecule has 0 saturated carbocycles. The number of carbonyl (C=O) groups is 2. The molecule has 0 fully saturated rings. The highest BCUT2D eigenvalue weighted by Crippen LogP contribution is 2.55. The van der Waals surface area contributed by atoms with Crippen molar-refractivity contribution in [1.29, 1.82) is 0 Å². The second kappa shape index (κ2) is 10.6. The summed E-state index contributed by atoms with van der Waals surface area (Å²) in [6.45, 7) is 3.73. The third-order valence-electron chi connectivity index (χ3n) is 6.54. The van der Waals surface area contributed by atoms with E-state index in [1.807, 2.05) is 53.9 Å². The molecule has 192 valence electrons. The van der Waals surface area contributed by atoms with Crippen molar-refractivity contribution in [2.45, 2.75) is 19.8 Å². The Kier molecular flexibility index (Phi) is 7.03. The number of rotatable bonds is 7. The van der Waals surface area contributed by atoms with Crippen LogP contribution < -0.4 is 0 Å². The number of ether oxygens (including phenoxy) is 2. The summed E-state index contributed by atoms with van der Waals surface area (Å²) in [7, 11) is 0. The van der Waals surface area contributed by atoms with Crippen molar-refractivity contribution >= 4 is 23.3 Å². The van der Waals surface area contributed by atoms with E-state index in [-0.39, 0.29) is 35.8 Å². The first-order chi connectivity index (χ1) is 18.5. The van der Waals surface area contributed by atoms with E-state index < -0.39 is 17.9 Å². The number of esters is 2. The number of thiophene rings is 1. The first kappa shape index (κ1) is 25.3. The normalized spacial score (nSPS) is 11.2. The average molecular weight is 527 g/mol. The van der Waals surface area contributed by atoms with E-state index in [9.17, 15) is 19.8 Å². The molecule has 0 unspecified atom stereocenters. The minimum atomic E-state index is -0.698. The van der Waals surface area contributed by atoms with Gasteiger partial charge in [-0.2, -0.15) is 0 Å². The van der Waals surface area contributed by atoms with Gasteiger partial charge in [0, 0.05) is 27.1 Å². The molecule has 7 heteroatoms. The predicted molar refractivity (Wildman–Crippen MR) is 147 cm³/mol. The van der Waals surface area contributed by atoms with E-state index in [1.54, 1.807) is 38.1 Å². The summed E-state index contributed by atoms with van der Waals surface area (Å²) in [5.41, 5.74) is 3.39. The Balaban J connectivity index is 1.88. The van der Waals surface area contributed by atoms with Gasteiger partial charge in [0.2, 0.25) is 0 Å². The van der Waals surface area contributed by atoms with Crippen molar-refractivity contribution in [2.75, 3.05) is 13.2 Å². The lowest BCUT2D eigenvalue weighted by molar-refractivity contribution is 0.0514. The molecule has 0 aromatic carbocycles. The number of hydrogen-bond acceptors (Lipinski definition) is 7. The van der Waals surface area contributed by atoms with Crippen LogP contribution in [0.5, 0.6) is 11.5 Å². The molecular weight excluding hydrogens is 500 g/mol. The van der Waals surface area contributed by atoms with Crippen molar-refractivity contribution in [3.05, 3.63) is 105 Å². The minimum Gasteiger partial charge on any atom is -0.507 e. The standard InChI is InChI=1S/C31H26O6S/c1-3-36-30(34)25-20-14-9-5-7-12-18(20)23(28(25)32)27(22-16-11-17-38-22)24-19-13-8-6-10-15-21(19)26(29(24)33)31(35)37-4-2/h5-17,27,32-33H,3-4H2,1-2H3. The van der Waals surface area contributed by atoms with Crippen LogP contribution in [0.4, 0.5) is 0 Å². The van der Waals surface area contributed by atoms with Crippen LogP contribution in [0, 0.1) is 0 Å². The molecule has 0 atom stereocenters. The molecule has 0 spiro atoms. The highest BCUT2D eigenvalue weighted by Gasteiger charge is 2.39. The number of hydrogen-bond donors (Lipinski definition) is 2. The van der Waals surface area contributed by atoms with Gasteiger partial charge in [-0.25, -0.2) is 9.59 Å². The molecular formula is C31H26O6S. The summed E-state index contributed by atoms with van der Waals surface area (Å²) < 4.78 is 10.6. The molecule has 1 heterocycles. The van der Waals surface area contributed by atoms with E-state index in [2.05, 4.69) is 0 Å². The molecule has 0 saturated heterocycles. The molecule has 0 radical (unpaired) electrons. The van der Waals surface area contributed by atoms with Gasteiger partial charge >= 0.3 is 11.9 Å². The molecule has 1 aromatic rings. The summed E-state index contributed by atoms with van der Waals surface area (Å²) in [4.78, 5) is 26.9. The molecule has 0 aliphatic heterocycles. The highest BCUT2D eigenvalue weighted by molar-refractivity contribution is 7.10. The van der Waals surface area contributed by atoms with Crippen LogP contribution in [0.2, 0.25) is 0 Å². The van der Waals surface area contributed by atoms with E-state index in [0.717, 1.165) is 4.88 Å². The Morgan fingerprint density at radius 3 is 1.53 bits per heavy atom. The predicted octanol–water partition coefficient (Wildman–Crippen LogP) is 6.90. The van der Waals surface area contributed by atoms with Gasteiger partial charge in [0.05, 0.1) is 19.1 Å². The molecule has 1 aromatic heterocycles. The molecule has 0 amide bonds. The second-order valence-corrected chi connectivity index (χ2v) is 9.62. The first-order valence-corrected chi connectivity index (χ1v) is 13.2. The summed E-state index contributed by atoms with van der Waals surface area (Å²) in [5.74, 6) is -2.39. The van der Waals surface area contributed by atoms with Gasteiger partial charge in [0.15, 0.2) is 0 Å². The monoisotopic (exact) mass is 526 g/mol. The van der Waals surface area contributed by atoms with Gasteiger partial charge in [-0.3, -0.25) is 0 Å². The lowest BCUT2D eigenvalue weighted by Gasteiger charge is -2.19. The van der Waals surface area contributed by atoms with Crippen molar-refractivity contribution in [3.63, 3.8) is 0 Å². The Bertz CT molecular complexity index is 1450. The number of aromatic hydroxyl groups is 2. The lowest BCUT2D eigenvalue weighted by Crippen LogP contribution is -2.05. The summed E-state index contributed by atoms with van der Waals surface area (Å²) in [6, 6.07) is 21.9. The second-order valence-electron chi connectivity index (χ2n) is 8.64. The fraction of sp³-hybridized carbons (Fsp3) is 0.161. The van der Waals surface area contributed by atoms with Crippen molar-refractivity contribution in [1.82, 2.24) is 0 Å². The maximum atomic E-state index is 13.0. The fourth-order valence-electron chi connectivity index (χ4n) is 5.07. The van der Waals surface area contributed by atoms with Crippen molar-refractivity contribution < 1.29 is 29.3 Å². The Morgan fingerprint density at radius 2 is 1.13 bits per heavy atom. The van der Waals surface area contributed by atoms with Gasteiger partial charge in [-0.1, -0.05) is 66.7 Å². The molecule has 2 N–H and O–H groups in total.